The molecule has 0 unspecified atom stereocenters. The van der Waals surface area contributed by atoms with Gasteiger partial charge >= 0.3 is 6.01 Å². The summed E-state index contributed by atoms with van der Waals surface area (Å²) in [6, 6.07) is 2.93. The van der Waals surface area contributed by atoms with Crippen molar-refractivity contribution < 1.29 is 13.5 Å². The minimum Gasteiger partial charge on any atom is -0.467 e. The quantitative estimate of drug-likeness (QED) is 0.932. The summed E-state index contributed by atoms with van der Waals surface area (Å²) < 4.78 is 32.5. The van der Waals surface area contributed by atoms with Crippen LogP contribution in [-0.2, 0) is 0 Å². The Balaban J connectivity index is 2.57. The third-order valence-electron chi connectivity index (χ3n) is 2.65. The molecule has 1 aromatic carbocycles. The van der Waals surface area contributed by atoms with Crippen molar-refractivity contribution in [3.05, 3.63) is 29.3 Å². The van der Waals surface area contributed by atoms with Gasteiger partial charge < -0.3 is 10.1 Å². The van der Waals surface area contributed by atoms with Gasteiger partial charge in [0, 0.05) is 6.54 Å². The van der Waals surface area contributed by atoms with Crippen LogP contribution in [0.5, 0.6) is 6.01 Å². The lowest BCUT2D eigenvalue weighted by Crippen LogP contribution is -2.07. The minimum absolute atomic E-state index is 0.0178. The number of aromatic nitrogens is 3. The summed E-state index contributed by atoms with van der Waals surface area (Å²) in [5, 5.41) is 2.88. The van der Waals surface area contributed by atoms with E-state index in [4.69, 9.17) is 4.74 Å². The van der Waals surface area contributed by atoms with E-state index in [0.29, 0.717) is 6.54 Å². The minimum atomic E-state index is -0.985. The van der Waals surface area contributed by atoms with Crippen molar-refractivity contribution in [1.82, 2.24) is 15.0 Å². The monoisotopic (exact) mass is 280 g/mol. The van der Waals surface area contributed by atoms with Crippen LogP contribution < -0.4 is 10.1 Å². The molecule has 0 atom stereocenters. The van der Waals surface area contributed by atoms with E-state index in [-0.39, 0.29) is 28.9 Å². The van der Waals surface area contributed by atoms with Crippen molar-refractivity contribution >= 4 is 5.95 Å². The number of ether oxygens (including phenoxy) is 1. The molecule has 2 aromatic rings. The number of benzene rings is 1. The molecule has 0 saturated carbocycles. The van der Waals surface area contributed by atoms with Crippen LogP contribution in [0.4, 0.5) is 14.7 Å². The summed E-state index contributed by atoms with van der Waals surface area (Å²) in [4.78, 5) is 12.0. The van der Waals surface area contributed by atoms with Crippen LogP contribution in [0, 0.1) is 18.6 Å². The Hall–Kier alpha value is -2.31. The number of aryl methyl sites for hydroxylation is 1. The lowest BCUT2D eigenvalue weighted by atomic mass is 10.1. The van der Waals surface area contributed by atoms with Crippen molar-refractivity contribution in [3.8, 4) is 17.4 Å². The predicted octanol–water partition coefficient (Wildman–Crippen LogP) is 2.57. The number of rotatable bonds is 4. The molecule has 20 heavy (non-hydrogen) atoms. The van der Waals surface area contributed by atoms with Crippen LogP contribution in [0.15, 0.2) is 12.1 Å². The lowest BCUT2D eigenvalue weighted by Gasteiger charge is -2.08. The Labute approximate surface area is 115 Å². The molecular weight excluding hydrogens is 266 g/mol. The third-order valence-corrected chi connectivity index (χ3v) is 2.65. The van der Waals surface area contributed by atoms with Crippen LogP contribution in [0.3, 0.4) is 0 Å². The fraction of sp³-hybridized carbons (Fsp3) is 0.308. The fourth-order valence-corrected chi connectivity index (χ4v) is 1.62. The first-order valence-electron chi connectivity index (χ1n) is 6.05. The second kappa shape index (κ2) is 5.77. The molecular formula is C13H14F2N4O. The molecule has 0 bridgehead atoms. The maximum atomic E-state index is 14.0. The summed E-state index contributed by atoms with van der Waals surface area (Å²) in [6.07, 6.45) is 0. The zero-order chi connectivity index (χ0) is 14.7. The zero-order valence-electron chi connectivity index (χ0n) is 11.4. The number of halogens is 2. The van der Waals surface area contributed by atoms with Gasteiger partial charge in [0.15, 0.2) is 17.5 Å². The predicted molar refractivity (Wildman–Crippen MR) is 70.6 cm³/mol. The van der Waals surface area contributed by atoms with E-state index in [1.54, 1.807) is 0 Å². The highest BCUT2D eigenvalue weighted by Gasteiger charge is 2.17. The number of hydrogen-bond donors (Lipinski definition) is 1. The Morgan fingerprint density at radius 1 is 1.15 bits per heavy atom. The van der Waals surface area contributed by atoms with Crippen molar-refractivity contribution in [3.63, 3.8) is 0 Å². The molecule has 1 heterocycles. The highest BCUT2D eigenvalue weighted by molar-refractivity contribution is 5.58. The number of hydrogen-bond acceptors (Lipinski definition) is 5. The highest BCUT2D eigenvalue weighted by atomic mass is 19.2. The normalized spacial score (nSPS) is 10.4. The van der Waals surface area contributed by atoms with Gasteiger partial charge in [-0.2, -0.15) is 15.0 Å². The summed E-state index contributed by atoms with van der Waals surface area (Å²) in [5.41, 5.74) is 0.187. The van der Waals surface area contributed by atoms with Gasteiger partial charge in [0.05, 0.1) is 12.7 Å². The molecule has 0 saturated heterocycles. The molecule has 0 aliphatic carbocycles. The molecule has 0 amide bonds. The summed E-state index contributed by atoms with van der Waals surface area (Å²) in [7, 11) is 1.39. The van der Waals surface area contributed by atoms with Gasteiger partial charge in [0.25, 0.3) is 0 Å². The largest absolute Gasteiger partial charge is 0.467 e. The zero-order valence-corrected chi connectivity index (χ0v) is 11.4. The number of nitrogens with zero attached hydrogens (tertiary/aromatic N) is 3. The van der Waals surface area contributed by atoms with Gasteiger partial charge in [0.2, 0.25) is 5.95 Å². The van der Waals surface area contributed by atoms with Crippen LogP contribution >= 0.6 is 0 Å². The van der Waals surface area contributed by atoms with Crippen LogP contribution in [0.25, 0.3) is 11.4 Å². The molecule has 5 nitrogen and oxygen atoms in total. The Bertz CT molecular complexity index is 634. The molecule has 1 N–H and O–H groups in total. The van der Waals surface area contributed by atoms with E-state index in [9.17, 15) is 8.78 Å². The van der Waals surface area contributed by atoms with E-state index < -0.39 is 11.6 Å². The fourth-order valence-electron chi connectivity index (χ4n) is 1.62. The molecule has 0 aliphatic rings. The van der Waals surface area contributed by atoms with E-state index in [1.165, 1.54) is 26.2 Å². The standard InChI is InChI=1S/C13H14F2N4O/c1-4-16-12-17-11(18-13(19-12)20-3)8-6-5-7(2)9(14)10(8)15/h5-6H,4H2,1-3H3,(H,16,17,18,19). The topological polar surface area (TPSA) is 59.9 Å². The molecule has 7 heteroatoms. The summed E-state index contributed by atoms with van der Waals surface area (Å²) in [5.74, 6) is -1.63. The number of methoxy groups -OCH3 is 1. The van der Waals surface area contributed by atoms with Gasteiger partial charge in [-0.15, -0.1) is 0 Å². The third kappa shape index (κ3) is 2.66. The Kier molecular flexibility index (Phi) is 4.07. The van der Waals surface area contributed by atoms with Crippen LogP contribution in [0.1, 0.15) is 12.5 Å². The molecule has 0 fully saturated rings. The molecule has 0 radical (unpaired) electrons. The van der Waals surface area contributed by atoms with Crippen molar-refractivity contribution in [2.45, 2.75) is 13.8 Å². The molecule has 2 rings (SSSR count). The van der Waals surface area contributed by atoms with Gasteiger partial charge in [-0.3, -0.25) is 0 Å². The first-order valence-corrected chi connectivity index (χ1v) is 6.05. The van der Waals surface area contributed by atoms with Gasteiger partial charge in [-0.1, -0.05) is 6.07 Å². The average Bonchev–Trinajstić information content (AvgIpc) is 2.45. The first-order chi connectivity index (χ1) is 9.56. The Morgan fingerprint density at radius 3 is 2.55 bits per heavy atom. The second-order valence-electron chi connectivity index (χ2n) is 4.06. The van der Waals surface area contributed by atoms with Crippen LogP contribution in [0.2, 0.25) is 0 Å². The highest BCUT2D eigenvalue weighted by Crippen LogP contribution is 2.25. The SMILES string of the molecule is CCNc1nc(OC)nc(-c2ccc(C)c(F)c2F)n1. The van der Waals surface area contributed by atoms with Crippen molar-refractivity contribution in [2.75, 3.05) is 19.0 Å². The van der Waals surface area contributed by atoms with E-state index >= 15 is 0 Å². The van der Waals surface area contributed by atoms with E-state index in [0.717, 1.165) is 0 Å². The first kappa shape index (κ1) is 14.1. The van der Waals surface area contributed by atoms with E-state index in [2.05, 4.69) is 20.3 Å². The molecule has 106 valence electrons. The maximum Gasteiger partial charge on any atom is 0.321 e. The molecule has 0 aliphatic heterocycles. The lowest BCUT2D eigenvalue weighted by molar-refractivity contribution is 0.379. The molecule has 0 spiro atoms. The average molecular weight is 280 g/mol. The van der Waals surface area contributed by atoms with Crippen LogP contribution in [-0.4, -0.2) is 28.6 Å². The Morgan fingerprint density at radius 2 is 1.90 bits per heavy atom. The van der Waals surface area contributed by atoms with Gasteiger partial charge in [0.1, 0.15) is 0 Å². The van der Waals surface area contributed by atoms with Crippen molar-refractivity contribution in [1.29, 1.82) is 0 Å². The number of anilines is 1. The van der Waals surface area contributed by atoms with Gasteiger partial charge in [-0.25, -0.2) is 8.78 Å². The summed E-state index contributed by atoms with van der Waals surface area (Å²) in [6.45, 7) is 3.93. The maximum absolute atomic E-state index is 14.0. The number of nitrogens with one attached hydrogen (secondary N) is 1. The van der Waals surface area contributed by atoms with Gasteiger partial charge in [-0.05, 0) is 25.5 Å². The summed E-state index contributed by atoms with van der Waals surface area (Å²) >= 11 is 0. The van der Waals surface area contributed by atoms with E-state index in [1.807, 2.05) is 6.92 Å². The smallest absolute Gasteiger partial charge is 0.321 e. The van der Waals surface area contributed by atoms with Crippen molar-refractivity contribution in [2.24, 2.45) is 0 Å². The second-order valence-corrected chi connectivity index (χ2v) is 4.06. The molecule has 1 aromatic heterocycles.